The minimum atomic E-state index is 0.439. The Bertz CT molecular complexity index is 598. The third kappa shape index (κ3) is 2.58. The molecule has 3 aliphatic carbocycles. The summed E-state index contributed by atoms with van der Waals surface area (Å²) in [7, 11) is 0. The van der Waals surface area contributed by atoms with Gasteiger partial charge in [0.05, 0.1) is 0 Å². The highest BCUT2D eigenvalue weighted by Gasteiger charge is 2.54. The molecule has 2 saturated carbocycles. The first-order chi connectivity index (χ1) is 11.6. The van der Waals surface area contributed by atoms with E-state index >= 15 is 0 Å². The van der Waals surface area contributed by atoms with Crippen LogP contribution in [-0.4, -0.2) is 17.7 Å². The van der Waals surface area contributed by atoms with Crippen molar-refractivity contribution in [2.75, 3.05) is 6.54 Å². The third-order valence-electron chi connectivity index (χ3n) is 7.63. The number of rotatable bonds is 4. The molecule has 3 aliphatic rings. The molecule has 0 aliphatic heterocycles. The average molecular weight is 328 g/mol. The number of fused-ring (bicyclic) bond motifs is 5. The van der Waals surface area contributed by atoms with Crippen LogP contribution in [0.15, 0.2) is 18.2 Å². The highest BCUT2D eigenvalue weighted by Crippen LogP contribution is 2.60. The molecule has 2 N–H and O–H groups in total. The summed E-state index contributed by atoms with van der Waals surface area (Å²) in [4.78, 5) is 0. The first-order valence-electron chi connectivity index (χ1n) is 10.2. The van der Waals surface area contributed by atoms with E-state index in [1.54, 1.807) is 5.56 Å². The largest absolute Gasteiger partial charge is 0.508 e. The molecule has 0 spiro atoms. The number of phenolic OH excluding ortho intramolecular Hbond substituents is 1. The van der Waals surface area contributed by atoms with Crippen LogP contribution >= 0.6 is 0 Å². The first kappa shape index (κ1) is 16.4. The van der Waals surface area contributed by atoms with E-state index in [0.717, 1.165) is 30.2 Å². The van der Waals surface area contributed by atoms with Crippen LogP contribution in [0.1, 0.15) is 75.8 Å². The summed E-state index contributed by atoms with van der Waals surface area (Å²) in [5, 5.41) is 13.7. The van der Waals surface area contributed by atoms with Gasteiger partial charge in [0.25, 0.3) is 0 Å². The van der Waals surface area contributed by atoms with Gasteiger partial charge in [0, 0.05) is 6.04 Å². The minimum Gasteiger partial charge on any atom is -0.508 e. The van der Waals surface area contributed by atoms with Gasteiger partial charge in [0.15, 0.2) is 0 Å². The highest BCUT2D eigenvalue weighted by molar-refractivity contribution is 5.40. The Morgan fingerprint density at radius 1 is 1.21 bits per heavy atom. The summed E-state index contributed by atoms with van der Waals surface area (Å²) >= 11 is 0. The van der Waals surface area contributed by atoms with Crippen molar-refractivity contribution < 1.29 is 5.11 Å². The molecule has 0 amide bonds. The van der Waals surface area contributed by atoms with Gasteiger partial charge in [-0.2, -0.15) is 0 Å². The molecule has 3 unspecified atom stereocenters. The predicted octanol–water partition coefficient (Wildman–Crippen LogP) is 5.01. The summed E-state index contributed by atoms with van der Waals surface area (Å²) in [6, 6.07) is 6.87. The van der Waals surface area contributed by atoms with Crippen LogP contribution in [0.25, 0.3) is 0 Å². The van der Waals surface area contributed by atoms with E-state index in [1.165, 1.54) is 57.1 Å². The van der Waals surface area contributed by atoms with E-state index in [2.05, 4.69) is 25.2 Å². The number of aromatic hydroxyl groups is 1. The van der Waals surface area contributed by atoms with Gasteiger partial charge in [-0.15, -0.1) is 0 Å². The normalized spacial score (nSPS) is 37.6. The highest BCUT2D eigenvalue weighted by atomic mass is 16.3. The second-order valence-electron chi connectivity index (χ2n) is 8.78. The van der Waals surface area contributed by atoms with Gasteiger partial charge < -0.3 is 10.4 Å². The molecule has 2 heteroatoms. The molecule has 0 saturated heterocycles. The quantitative estimate of drug-likeness (QED) is 0.762. The molecule has 5 atom stereocenters. The van der Waals surface area contributed by atoms with Gasteiger partial charge in [-0.1, -0.05) is 26.3 Å². The van der Waals surface area contributed by atoms with Crippen LogP contribution in [-0.2, 0) is 6.42 Å². The third-order valence-corrected chi connectivity index (χ3v) is 7.63. The molecule has 4 rings (SSSR count). The van der Waals surface area contributed by atoms with Crippen molar-refractivity contribution in [2.45, 2.75) is 77.2 Å². The van der Waals surface area contributed by atoms with E-state index in [1.807, 2.05) is 12.1 Å². The topological polar surface area (TPSA) is 32.3 Å². The second kappa shape index (κ2) is 6.37. The number of aryl methyl sites for hydroxylation is 1. The zero-order valence-corrected chi connectivity index (χ0v) is 15.4. The Hall–Kier alpha value is -1.02. The zero-order chi connectivity index (χ0) is 16.7. The Kier molecular flexibility index (Phi) is 4.36. The molecule has 24 heavy (non-hydrogen) atoms. The monoisotopic (exact) mass is 327 g/mol. The lowest BCUT2D eigenvalue weighted by molar-refractivity contribution is 0.0412. The van der Waals surface area contributed by atoms with Crippen molar-refractivity contribution in [3.63, 3.8) is 0 Å². The molecular weight excluding hydrogens is 294 g/mol. The van der Waals surface area contributed by atoms with E-state index in [9.17, 15) is 5.11 Å². The molecule has 0 heterocycles. The van der Waals surface area contributed by atoms with Crippen molar-refractivity contribution in [3.8, 4) is 5.75 Å². The lowest BCUT2D eigenvalue weighted by atomic mass is 9.55. The van der Waals surface area contributed by atoms with Crippen LogP contribution in [0.4, 0.5) is 0 Å². The van der Waals surface area contributed by atoms with E-state index in [0.29, 0.717) is 11.2 Å². The van der Waals surface area contributed by atoms with Gasteiger partial charge in [0.1, 0.15) is 5.75 Å². The lowest BCUT2D eigenvalue weighted by Crippen LogP contribution is -2.48. The maximum atomic E-state index is 9.80. The van der Waals surface area contributed by atoms with Crippen LogP contribution < -0.4 is 5.32 Å². The van der Waals surface area contributed by atoms with Crippen LogP contribution in [0.2, 0.25) is 0 Å². The molecule has 1 aromatic rings. The predicted molar refractivity (Wildman–Crippen MR) is 99.4 cm³/mol. The van der Waals surface area contributed by atoms with E-state index in [-0.39, 0.29) is 0 Å². The maximum Gasteiger partial charge on any atom is 0.115 e. The summed E-state index contributed by atoms with van der Waals surface area (Å²) < 4.78 is 0. The van der Waals surface area contributed by atoms with Crippen molar-refractivity contribution in [1.82, 2.24) is 5.32 Å². The minimum absolute atomic E-state index is 0.439. The van der Waals surface area contributed by atoms with Gasteiger partial charge in [-0.05, 0) is 97.9 Å². The van der Waals surface area contributed by atoms with E-state index in [4.69, 9.17) is 0 Å². The summed E-state index contributed by atoms with van der Waals surface area (Å²) in [5.74, 6) is 2.92. The molecule has 1 aromatic carbocycles. The van der Waals surface area contributed by atoms with Crippen LogP contribution in [0.3, 0.4) is 0 Å². The molecular formula is C22H33NO. The Labute approximate surface area is 147 Å². The van der Waals surface area contributed by atoms with Crippen molar-refractivity contribution in [2.24, 2.45) is 17.3 Å². The number of hydrogen-bond acceptors (Lipinski definition) is 2. The molecule has 2 fully saturated rings. The maximum absolute atomic E-state index is 9.80. The van der Waals surface area contributed by atoms with Crippen molar-refractivity contribution in [1.29, 1.82) is 0 Å². The molecule has 132 valence electrons. The number of benzene rings is 1. The molecule has 0 aromatic heterocycles. The fraction of sp³-hybridized carbons (Fsp3) is 0.727. The Morgan fingerprint density at radius 3 is 2.92 bits per heavy atom. The summed E-state index contributed by atoms with van der Waals surface area (Å²) in [5.41, 5.74) is 3.47. The summed E-state index contributed by atoms with van der Waals surface area (Å²) in [6.07, 6.45) is 10.6. The van der Waals surface area contributed by atoms with E-state index < -0.39 is 0 Å². The second-order valence-corrected chi connectivity index (χ2v) is 8.78. The van der Waals surface area contributed by atoms with Gasteiger partial charge in [-0.25, -0.2) is 0 Å². The average Bonchev–Trinajstić information content (AvgIpc) is 2.91. The molecule has 0 bridgehead atoms. The lowest BCUT2D eigenvalue weighted by Gasteiger charge is -2.51. The van der Waals surface area contributed by atoms with Crippen LogP contribution in [0.5, 0.6) is 5.75 Å². The van der Waals surface area contributed by atoms with Crippen LogP contribution in [0, 0.1) is 17.3 Å². The number of phenols is 1. The Balaban J connectivity index is 1.54. The summed E-state index contributed by atoms with van der Waals surface area (Å²) in [6.45, 7) is 6.06. The number of nitrogens with one attached hydrogen (secondary N) is 1. The molecule has 0 radical (unpaired) electrons. The first-order valence-corrected chi connectivity index (χ1v) is 10.2. The fourth-order valence-electron chi connectivity index (χ4n) is 6.36. The zero-order valence-electron chi connectivity index (χ0n) is 15.4. The number of unbranched alkanes of at least 4 members (excludes halogenated alkanes) is 1. The number of hydrogen-bond donors (Lipinski definition) is 2. The van der Waals surface area contributed by atoms with Crippen molar-refractivity contribution in [3.05, 3.63) is 29.3 Å². The Morgan fingerprint density at radius 2 is 2.08 bits per heavy atom. The van der Waals surface area contributed by atoms with Gasteiger partial charge >= 0.3 is 0 Å². The smallest absolute Gasteiger partial charge is 0.115 e. The van der Waals surface area contributed by atoms with Gasteiger partial charge in [0.2, 0.25) is 0 Å². The standard InChI is InChI=1S/C22H33NO/c1-3-4-13-23-21-10-9-20-19-7-5-15-14-16(24)6-8-17(15)18(19)11-12-22(20,21)2/h6,8,14,18-21,23-24H,3-5,7,9-13H2,1-2H3/t18?,19?,20?,21-,22-/m0/s1. The van der Waals surface area contributed by atoms with Crippen molar-refractivity contribution >= 4 is 0 Å². The SMILES string of the molecule is CCCCN[C@H]1CCC2C3CCc4cc(O)ccc4C3CC[C@@]21C. The fourth-order valence-corrected chi connectivity index (χ4v) is 6.36. The molecule has 2 nitrogen and oxygen atoms in total. The van der Waals surface area contributed by atoms with Gasteiger partial charge in [-0.3, -0.25) is 0 Å².